The number of aryl methyl sites for hydroxylation is 1. The highest BCUT2D eigenvalue weighted by atomic mass is 79.9. The quantitative estimate of drug-likeness (QED) is 0.902. The number of ether oxygens (including phenoxy) is 1. The van der Waals surface area contributed by atoms with Crippen molar-refractivity contribution in [2.75, 3.05) is 19.6 Å². The normalized spacial score (nSPS) is 25.9. The Labute approximate surface area is 129 Å². The molecule has 0 amide bonds. The fourth-order valence-electron chi connectivity index (χ4n) is 2.84. The van der Waals surface area contributed by atoms with Crippen molar-refractivity contribution in [3.63, 3.8) is 0 Å². The van der Waals surface area contributed by atoms with Crippen LogP contribution >= 0.6 is 15.9 Å². The zero-order valence-corrected chi connectivity index (χ0v) is 14.2. The van der Waals surface area contributed by atoms with E-state index >= 15 is 0 Å². The van der Waals surface area contributed by atoms with Crippen molar-refractivity contribution in [1.29, 1.82) is 0 Å². The summed E-state index contributed by atoms with van der Waals surface area (Å²) in [5, 5.41) is 14.7. The molecule has 114 valence electrons. The molecule has 3 atom stereocenters. The maximum absolute atomic E-state index is 10.3. The summed E-state index contributed by atoms with van der Waals surface area (Å²) in [5.41, 5.74) is 2.02. The molecule has 0 bridgehead atoms. The monoisotopic (exact) mass is 345 g/mol. The van der Waals surface area contributed by atoms with E-state index in [-0.39, 0.29) is 12.2 Å². The van der Waals surface area contributed by atoms with Gasteiger partial charge in [-0.2, -0.15) is 5.10 Å². The van der Waals surface area contributed by atoms with Gasteiger partial charge in [-0.15, -0.1) is 0 Å². The van der Waals surface area contributed by atoms with Crippen molar-refractivity contribution in [2.24, 2.45) is 0 Å². The number of β-amino-alcohol motifs (C(OH)–C–C–N with tert-alkyl or cyclic N) is 1. The van der Waals surface area contributed by atoms with Gasteiger partial charge in [-0.05, 0) is 43.6 Å². The van der Waals surface area contributed by atoms with Crippen LogP contribution in [0.25, 0.3) is 0 Å². The fraction of sp³-hybridized carbons (Fsp3) is 0.786. The minimum atomic E-state index is -0.419. The molecule has 2 heterocycles. The summed E-state index contributed by atoms with van der Waals surface area (Å²) in [6, 6.07) is 0. The van der Waals surface area contributed by atoms with Crippen LogP contribution in [0.3, 0.4) is 0 Å². The van der Waals surface area contributed by atoms with Crippen LogP contribution in [0.1, 0.15) is 25.2 Å². The second-order valence-corrected chi connectivity index (χ2v) is 6.59. The van der Waals surface area contributed by atoms with Crippen molar-refractivity contribution < 1.29 is 9.84 Å². The topological polar surface area (TPSA) is 50.5 Å². The summed E-state index contributed by atoms with van der Waals surface area (Å²) >= 11 is 3.51. The Bertz CT molecular complexity index is 454. The van der Waals surface area contributed by atoms with E-state index < -0.39 is 6.10 Å². The van der Waals surface area contributed by atoms with Gasteiger partial charge in [0.2, 0.25) is 0 Å². The Morgan fingerprint density at radius 2 is 1.90 bits per heavy atom. The number of aliphatic hydroxyl groups is 1. The van der Waals surface area contributed by atoms with Crippen LogP contribution in [0.2, 0.25) is 0 Å². The maximum Gasteiger partial charge on any atom is 0.0862 e. The molecule has 1 aliphatic heterocycles. The molecule has 0 spiro atoms. The molecule has 1 fully saturated rings. The zero-order chi connectivity index (χ0) is 14.9. The third-order valence-electron chi connectivity index (χ3n) is 3.64. The molecule has 0 radical (unpaired) electrons. The van der Waals surface area contributed by atoms with Crippen LogP contribution in [-0.4, -0.2) is 57.7 Å². The predicted molar refractivity (Wildman–Crippen MR) is 81.9 cm³/mol. The molecule has 1 aromatic rings. The second kappa shape index (κ2) is 6.56. The van der Waals surface area contributed by atoms with Gasteiger partial charge in [-0.3, -0.25) is 9.58 Å². The molecule has 2 rings (SSSR count). The predicted octanol–water partition coefficient (Wildman–Crippen LogP) is 1.73. The van der Waals surface area contributed by atoms with Gasteiger partial charge in [-0.25, -0.2) is 0 Å². The van der Waals surface area contributed by atoms with Gasteiger partial charge >= 0.3 is 0 Å². The average Bonchev–Trinajstić information content (AvgIpc) is 2.55. The lowest BCUT2D eigenvalue weighted by molar-refractivity contribution is -0.0774. The van der Waals surface area contributed by atoms with Crippen LogP contribution in [-0.2, 0) is 11.3 Å². The molecule has 0 aromatic carbocycles. The summed E-state index contributed by atoms with van der Waals surface area (Å²) in [6.07, 6.45) is 0.0416. The number of morpholine rings is 1. The van der Waals surface area contributed by atoms with Gasteiger partial charge in [-0.1, -0.05) is 0 Å². The Balaban J connectivity index is 1.92. The molecule has 6 heteroatoms. The van der Waals surface area contributed by atoms with Gasteiger partial charge in [0, 0.05) is 25.3 Å². The highest BCUT2D eigenvalue weighted by Gasteiger charge is 2.24. The van der Waals surface area contributed by atoms with E-state index in [0.717, 1.165) is 29.0 Å². The SMILES string of the molecule is Cc1nn(CC(O)CN2CC(C)OC(C)C2)c(C)c1Br. The lowest BCUT2D eigenvalue weighted by atomic mass is 10.2. The number of rotatable bonds is 4. The summed E-state index contributed by atoms with van der Waals surface area (Å²) in [4.78, 5) is 2.27. The van der Waals surface area contributed by atoms with Crippen molar-refractivity contribution >= 4 is 15.9 Å². The van der Waals surface area contributed by atoms with Crippen molar-refractivity contribution in [1.82, 2.24) is 14.7 Å². The second-order valence-electron chi connectivity index (χ2n) is 5.80. The van der Waals surface area contributed by atoms with Gasteiger partial charge in [0.05, 0.1) is 35.0 Å². The summed E-state index contributed by atoms with van der Waals surface area (Å²) < 4.78 is 8.61. The average molecular weight is 346 g/mol. The fourth-order valence-corrected chi connectivity index (χ4v) is 3.13. The van der Waals surface area contributed by atoms with E-state index in [9.17, 15) is 5.11 Å². The number of hydrogen-bond acceptors (Lipinski definition) is 4. The van der Waals surface area contributed by atoms with Crippen LogP contribution in [0.15, 0.2) is 4.47 Å². The maximum atomic E-state index is 10.3. The lowest BCUT2D eigenvalue weighted by Crippen LogP contribution is -2.48. The number of hydrogen-bond donors (Lipinski definition) is 1. The van der Waals surface area contributed by atoms with E-state index in [1.807, 2.05) is 18.5 Å². The third-order valence-corrected chi connectivity index (χ3v) is 4.79. The zero-order valence-electron chi connectivity index (χ0n) is 12.6. The van der Waals surface area contributed by atoms with Crippen molar-refractivity contribution in [3.8, 4) is 0 Å². The van der Waals surface area contributed by atoms with E-state index in [1.54, 1.807) is 0 Å². The largest absolute Gasteiger partial charge is 0.390 e. The van der Waals surface area contributed by atoms with Gasteiger partial charge in [0.15, 0.2) is 0 Å². The van der Waals surface area contributed by atoms with Crippen LogP contribution in [0.4, 0.5) is 0 Å². The van der Waals surface area contributed by atoms with E-state index in [0.29, 0.717) is 13.1 Å². The van der Waals surface area contributed by atoms with Gasteiger partial charge < -0.3 is 9.84 Å². The molecular weight excluding hydrogens is 322 g/mol. The first-order valence-electron chi connectivity index (χ1n) is 7.12. The van der Waals surface area contributed by atoms with E-state index in [1.165, 1.54) is 0 Å². The summed E-state index contributed by atoms with van der Waals surface area (Å²) in [5.74, 6) is 0. The highest BCUT2D eigenvalue weighted by Crippen LogP contribution is 2.20. The third kappa shape index (κ3) is 3.81. The lowest BCUT2D eigenvalue weighted by Gasteiger charge is -2.36. The summed E-state index contributed by atoms with van der Waals surface area (Å²) in [6.45, 7) is 11.1. The Hall–Kier alpha value is -0.430. The Morgan fingerprint density at radius 3 is 2.40 bits per heavy atom. The summed E-state index contributed by atoms with van der Waals surface area (Å²) in [7, 11) is 0. The molecular formula is C14H24BrN3O2. The van der Waals surface area contributed by atoms with E-state index in [2.05, 4.69) is 39.8 Å². The van der Waals surface area contributed by atoms with Gasteiger partial charge in [0.25, 0.3) is 0 Å². The smallest absolute Gasteiger partial charge is 0.0862 e. The first-order chi connectivity index (χ1) is 9.36. The Morgan fingerprint density at radius 1 is 1.30 bits per heavy atom. The first-order valence-corrected chi connectivity index (χ1v) is 7.91. The minimum absolute atomic E-state index is 0.230. The number of halogens is 1. The van der Waals surface area contributed by atoms with Gasteiger partial charge in [0.1, 0.15) is 0 Å². The highest BCUT2D eigenvalue weighted by molar-refractivity contribution is 9.10. The Kier molecular flexibility index (Phi) is 5.23. The molecule has 0 saturated carbocycles. The standard InChI is InChI=1S/C14H24BrN3O2/c1-9-5-17(6-10(2)20-9)7-13(19)8-18-12(4)14(15)11(3)16-18/h9-10,13,19H,5-8H2,1-4H3. The van der Waals surface area contributed by atoms with Crippen LogP contribution in [0.5, 0.6) is 0 Å². The first kappa shape index (κ1) is 15.9. The number of aromatic nitrogens is 2. The molecule has 3 unspecified atom stereocenters. The number of nitrogens with zero attached hydrogens (tertiary/aromatic N) is 3. The van der Waals surface area contributed by atoms with Crippen LogP contribution < -0.4 is 0 Å². The molecule has 1 N–H and O–H groups in total. The molecule has 0 aliphatic carbocycles. The molecule has 1 aliphatic rings. The molecule has 1 saturated heterocycles. The number of aliphatic hydroxyl groups excluding tert-OH is 1. The minimum Gasteiger partial charge on any atom is -0.390 e. The van der Waals surface area contributed by atoms with Crippen molar-refractivity contribution in [3.05, 3.63) is 15.9 Å². The molecule has 5 nitrogen and oxygen atoms in total. The van der Waals surface area contributed by atoms with E-state index in [4.69, 9.17) is 4.74 Å². The molecule has 20 heavy (non-hydrogen) atoms. The van der Waals surface area contributed by atoms with Crippen LogP contribution in [0, 0.1) is 13.8 Å². The molecule has 1 aromatic heterocycles. The van der Waals surface area contributed by atoms with Crippen molar-refractivity contribution in [2.45, 2.75) is 52.6 Å².